The maximum atomic E-state index is 8.73. The van der Waals surface area contributed by atoms with Gasteiger partial charge in [-0.05, 0) is 20.2 Å². The largest absolute Gasteiger partial charge is 0.475 e. The molecule has 1 aromatic rings. The number of rotatable bonds is 4. The Morgan fingerprint density at radius 2 is 2.33 bits per heavy atom. The molecular formula is C10H14N4O. The van der Waals surface area contributed by atoms with Gasteiger partial charge in [-0.3, -0.25) is 0 Å². The highest BCUT2D eigenvalue weighted by molar-refractivity contribution is 5.59. The minimum Gasteiger partial charge on any atom is -0.475 e. The van der Waals surface area contributed by atoms with E-state index >= 15 is 0 Å². The Labute approximate surface area is 89.1 Å². The Morgan fingerprint density at radius 3 is 2.93 bits per heavy atom. The van der Waals surface area contributed by atoms with Crippen LogP contribution in [0.1, 0.15) is 5.56 Å². The first-order valence-corrected chi connectivity index (χ1v) is 4.57. The summed E-state index contributed by atoms with van der Waals surface area (Å²) in [7, 11) is 3.90. The standard InChI is InChI=1S/C10H14N4O/c1-14(2)5-6-15-10-9(12)8(7-11)3-4-13-10/h3-4H,5-6,12H2,1-2H3. The maximum Gasteiger partial charge on any atom is 0.238 e. The van der Waals surface area contributed by atoms with E-state index in [4.69, 9.17) is 15.7 Å². The number of nitrogen functional groups attached to an aromatic ring is 1. The van der Waals surface area contributed by atoms with Gasteiger partial charge >= 0.3 is 0 Å². The number of nitriles is 1. The van der Waals surface area contributed by atoms with Crippen molar-refractivity contribution in [2.45, 2.75) is 0 Å². The predicted octanol–water partition coefficient (Wildman–Crippen LogP) is 0.476. The molecule has 0 aromatic carbocycles. The highest BCUT2D eigenvalue weighted by Gasteiger charge is 2.06. The van der Waals surface area contributed by atoms with Gasteiger partial charge in [0.15, 0.2) is 0 Å². The molecule has 0 radical (unpaired) electrons. The van der Waals surface area contributed by atoms with Crippen molar-refractivity contribution < 1.29 is 4.74 Å². The smallest absolute Gasteiger partial charge is 0.238 e. The number of hydrogen-bond donors (Lipinski definition) is 1. The van der Waals surface area contributed by atoms with Gasteiger partial charge < -0.3 is 15.4 Å². The zero-order valence-corrected chi connectivity index (χ0v) is 8.90. The molecule has 0 atom stereocenters. The number of pyridine rings is 1. The summed E-state index contributed by atoms with van der Waals surface area (Å²) >= 11 is 0. The van der Waals surface area contributed by atoms with Crippen molar-refractivity contribution in [1.82, 2.24) is 9.88 Å². The zero-order valence-electron chi connectivity index (χ0n) is 8.90. The molecule has 0 amide bonds. The predicted molar refractivity (Wildman–Crippen MR) is 57.4 cm³/mol. The van der Waals surface area contributed by atoms with Crippen LogP contribution in [0, 0.1) is 11.3 Å². The van der Waals surface area contributed by atoms with Crippen molar-refractivity contribution in [3.8, 4) is 11.9 Å². The molecule has 0 saturated heterocycles. The third kappa shape index (κ3) is 3.11. The van der Waals surface area contributed by atoms with E-state index in [9.17, 15) is 0 Å². The van der Waals surface area contributed by atoms with Crippen LogP contribution >= 0.6 is 0 Å². The minimum absolute atomic E-state index is 0.304. The molecule has 0 saturated carbocycles. The Bertz CT molecular complexity index is 370. The summed E-state index contributed by atoms with van der Waals surface area (Å²) in [6.07, 6.45) is 1.51. The summed E-state index contributed by atoms with van der Waals surface area (Å²) in [5.74, 6) is 0.330. The summed E-state index contributed by atoms with van der Waals surface area (Å²) in [6.45, 7) is 1.27. The highest BCUT2D eigenvalue weighted by atomic mass is 16.5. The number of aromatic nitrogens is 1. The van der Waals surface area contributed by atoms with Crippen LogP contribution in [-0.2, 0) is 0 Å². The first-order valence-electron chi connectivity index (χ1n) is 4.57. The van der Waals surface area contributed by atoms with Gasteiger partial charge in [-0.25, -0.2) is 4.98 Å². The molecule has 2 N–H and O–H groups in total. The van der Waals surface area contributed by atoms with Crippen molar-refractivity contribution in [2.75, 3.05) is 33.0 Å². The number of ether oxygens (including phenoxy) is 1. The molecule has 0 aliphatic heterocycles. The Morgan fingerprint density at radius 1 is 1.60 bits per heavy atom. The van der Waals surface area contributed by atoms with Crippen LogP contribution in [-0.4, -0.2) is 37.1 Å². The van der Waals surface area contributed by atoms with Gasteiger partial charge in [0.2, 0.25) is 5.88 Å². The molecule has 15 heavy (non-hydrogen) atoms. The summed E-state index contributed by atoms with van der Waals surface area (Å²) in [6, 6.07) is 3.54. The fourth-order valence-corrected chi connectivity index (χ4v) is 0.991. The average Bonchev–Trinajstić information content (AvgIpc) is 2.20. The van der Waals surface area contributed by atoms with Crippen LogP contribution in [0.2, 0.25) is 0 Å². The van der Waals surface area contributed by atoms with E-state index in [0.29, 0.717) is 23.7 Å². The van der Waals surface area contributed by atoms with Crippen molar-refractivity contribution >= 4 is 5.69 Å². The van der Waals surface area contributed by atoms with Gasteiger partial charge in [-0.2, -0.15) is 5.26 Å². The zero-order chi connectivity index (χ0) is 11.3. The Kier molecular flexibility index (Phi) is 3.89. The molecule has 1 rings (SSSR count). The first-order chi connectivity index (χ1) is 7.15. The van der Waals surface area contributed by atoms with Crippen molar-refractivity contribution in [3.05, 3.63) is 17.8 Å². The average molecular weight is 206 g/mol. The molecule has 0 unspecified atom stereocenters. The lowest BCUT2D eigenvalue weighted by molar-refractivity contribution is 0.255. The van der Waals surface area contributed by atoms with Gasteiger partial charge in [0.05, 0.1) is 5.56 Å². The second-order valence-corrected chi connectivity index (χ2v) is 3.34. The van der Waals surface area contributed by atoms with E-state index in [1.165, 1.54) is 6.20 Å². The third-order valence-electron chi connectivity index (χ3n) is 1.85. The minimum atomic E-state index is 0.304. The lowest BCUT2D eigenvalue weighted by Crippen LogP contribution is -2.20. The second-order valence-electron chi connectivity index (χ2n) is 3.34. The molecule has 0 aliphatic carbocycles. The number of anilines is 1. The Hall–Kier alpha value is -1.80. The topological polar surface area (TPSA) is 75.2 Å². The van der Waals surface area contributed by atoms with Crippen LogP contribution in [0.3, 0.4) is 0 Å². The summed E-state index contributed by atoms with van der Waals surface area (Å²) < 4.78 is 5.36. The van der Waals surface area contributed by atoms with E-state index < -0.39 is 0 Å². The van der Waals surface area contributed by atoms with Crippen LogP contribution < -0.4 is 10.5 Å². The molecule has 1 aromatic heterocycles. The van der Waals surface area contributed by atoms with E-state index in [-0.39, 0.29) is 0 Å². The fraction of sp³-hybridized carbons (Fsp3) is 0.400. The fourth-order valence-electron chi connectivity index (χ4n) is 0.991. The Balaban J connectivity index is 2.66. The normalized spacial score (nSPS) is 10.0. The molecule has 0 fully saturated rings. The maximum absolute atomic E-state index is 8.73. The van der Waals surface area contributed by atoms with E-state index in [1.807, 2.05) is 25.1 Å². The van der Waals surface area contributed by atoms with Gasteiger partial charge in [0.25, 0.3) is 0 Å². The lowest BCUT2D eigenvalue weighted by atomic mass is 10.2. The van der Waals surface area contributed by atoms with Crippen molar-refractivity contribution in [1.29, 1.82) is 5.26 Å². The van der Waals surface area contributed by atoms with E-state index in [0.717, 1.165) is 6.54 Å². The second kappa shape index (κ2) is 5.17. The summed E-state index contributed by atoms with van der Waals surface area (Å²) in [5, 5.41) is 8.73. The summed E-state index contributed by atoms with van der Waals surface area (Å²) in [4.78, 5) is 5.96. The third-order valence-corrected chi connectivity index (χ3v) is 1.85. The SMILES string of the molecule is CN(C)CCOc1nccc(C#N)c1N. The van der Waals surface area contributed by atoms with Crippen molar-refractivity contribution in [2.24, 2.45) is 0 Å². The number of nitrogens with zero attached hydrogens (tertiary/aromatic N) is 3. The molecule has 0 spiro atoms. The quantitative estimate of drug-likeness (QED) is 0.775. The molecule has 5 heteroatoms. The lowest BCUT2D eigenvalue weighted by Gasteiger charge is -2.11. The van der Waals surface area contributed by atoms with Crippen LogP contribution in [0.25, 0.3) is 0 Å². The van der Waals surface area contributed by atoms with Gasteiger partial charge in [0.1, 0.15) is 18.4 Å². The van der Waals surface area contributed by atoms with Crippen LogP contribution in [0.4, 0.5) is 5.69 Å². The molecular weight excluding hydrogens is 192 g/mol. The first kappa shape index (κ1) is 11.3. The van der Waals surface area contributed by atoms with Crippen LogP contribution in [0.15, 0.2) is 12.3 Å². The van der Waals surface area contributed by atoms with E-state index in [1.54, 1.807) is 6.07 Å². The van der Waals surface area contributed by atoms with Gasteiger partial charge in [-0.1, -0.05) is 0 Å². The van der Waals surface area contributed by atoms with Crippen molar-refractivity contribution in [3.63, 3.8) is 0 Å². The van der Waals surface area contributed by atoms with E-state index in [2.05, 4.69) is 4.98 Å². The van der Waals surface area contributed by atoms with Crippen LogP contribution in [0.5, 0.6) is 5.88 Å². The molecule has 0 aliphatic rings. The molecule has 1 heterocycles. The molecule has 0 bridgehead atoms. The highest BCUT2D eigenvalue weighted by Crippen LogP contribution is 2.20. The molecule has 5 nitrogen and oxygen atoms in total. The molecule has 80 valence electrons. The van der Waals surface area contributed by atoms with Gasteiger partial charge in [-0.15, -0.1) is 0 Å². The number of nitrogens with two attached hydrogens (primary N) is 1. The number of hydrogen-bond acceptors (Lipinski definition) is 5. The monoisotopic (exact) mass is 206 g/mol. The number of likely N-dealkylation sites (N-methyl/N-ethyl adjacent to an activating group) is 1. The van der Waals surface area contributed by atoms with Gasteiger partial charge in [0, 0.05) is 12.7 Å². The summed E-state index contributed by atoms with van der Waals surface area (Å²) in [5.41, 5.74) is 6.38.